The van der Waals surface area contributed by atoms with E-state index in [-0.39, 0.29) is 0 Å². The highest BCUT2D eigenvalue weighted by Crippen LogP contribution is 2.39. The Morgan fingerprint density at radius 3 is 1.55 bits per heavy atom. The van der Waals surface area contributed by atoms with Gasteiger partial charge in [-0.25, -0.2) is 0 Å². The Hall–Kier alpha value is -4.00. The average molecular weight is 385 g/mol. The number of imide groups is 1. The van der Waals surface area contributed by atoms with Crippen LogP contribution >= 0.6 is 0 Å². The van der Waals surface area contributed by atoms with Crippen LogP contribution in [0.1, 0.15) is 11.1 Å². The van der Waals surface area contributed by atoms with Crippen molar-refractivity contribution >= 4 is 56.1 Å². The van der Waals surface area contributed by atoms with Crippen molar-refractivity contribution in [2.24, 2.45) is 14.1 Å². The summed E-state index contributed by atoms with van der Waals surface area (Å²) in [6.07, 6.45) is 3.72. The topological polar surface area (TPSA) is 108 Å². The molecular formula is C22H19N5O2. The molecule has 0 radical (unpaired) electrons. The highest BCUT2D eigenvalue weighted by Gasteiger charge is 2.35. The van der Waals surface area contributed by atoms with Crippen LogP contribution in [0.15, 0.2) is 48.8 Å². The third-order valence-electron chi connectivity index (χ3n) is 5.50. The fraction of sp³-hybridized carbons (Fsp3) is 0.0909. The van der Waals surface area contributed by atoms with Gasteiger partial charge < -0.3 is 20.6 Å². The molecule has 0 aliphatic carbocycles. The zero-order chi connectivity index (χ0) is 20.4. The van der Waals surface area contributed by atoms with Crippen molar-refractivity contribution in [1.82, 2.24) is 14.5 Å². The number of rotatable bonds is 2. The van der Waals surface area contributed by atoms with Crippen molar-refractivity contribution in [3.63, 3.8) is 0 Å². The number of benzene rings is 2. The van der Waals surface area contributed by atoms with Crippen LogP contribution in [0.25, 0.3) is 33.0 Å². The van der Waals surface area contributed by atoms with E-state index in [0.29, 0.717) is 33.6 Å². The molecule has 144 valence electrons. The molecule has 5 N–H and O–H groups in total. The molecule has 29 heavy (non-hydrogen) atoms. The first kappa shape index (κ1) is 17.1. The monoisotopic (exact) mass is 385 g/mol. The number of nitrogens with zero attached hydrogens (tertiary/aromatic N) is 2. The van der Waals surface area contributed by atoms with Gasteiger partial charge in [-0.05, 0) is 24.3 Å². The molecule has 0 bridgehead atoms. The minimum atomic E-state index is -0.401. The number of carbonyl (C=O) groups is 2. The van der Waals surface area contributed by atoms with E-state index in [0.717, 1.165) is 21.8 Å². The number of hydrogen-bond acceptors (Lipinski definition) is 4. The fourth-order valence-electron chi connectivity index (χ4n) is 4.17. The van der Waals surface area contributed by atoms with E-state index < -0.39 is 11.8 Å². The molecule has 0 fully saturated rings. The smallest absolute Gasteiger partial charge is 0.259 e. The number of nitrogens with one attached hydrogen (secondary N) is 1. The summed E-state index contributed by atoms with van der Waals surface area (Å²) in [5, 5.41) is 4.19. The highest BCUT2D eigenvalue weighted by atomic mass is 16.2. The highest BCUT2D eigenvalue weighted by molar-refractivity contribution is 6.50. The second-order valence-electron chi connectivity index (χ2n) is 7.39. The van der Waals surface area contributed by atoms with E-state index in [1.165, 1.54) is 0 Å². The lowest BCUT2D eigenvalue weighted by molar-refractivity contribution is -0.122. The molecular weight excluding hydrogens is 366 g/mol. The van der Waals surface area contributed by atoms with Crippen LogP contribution < -0.4 is 16.8 Å². The Morgan fingerprint density at radius 2 is 1.14 bits per heavy atom. The maximum absolute atomic E-state index is 12.8. The van der Waals surface area contributed by atoms with Gasteiger partial charge in [-0.3, -0.25) is 14.9 Å². The van der Waals surface area contributed by atoms with Crippen molar-refractivity contribution in [3.8, 4) is 0 Å². The van der Waals surface area contributed by atoms with Crippen LogP contribution in [0.4, 0.5) is 11.4 Å². The Kier molecular flexibility index (Phi) is 3.39. The number of amides is 2. The molecule has 0 saturated heterocycles. The minimum Gasteiger partial charge on any atom is -0.399 e. The molecule has 5 rings (SSSR count). The predicted octanol–water partition coefficient (Wildman–Crippen LogP) is 2.40. The second-order valence-corrected chi connectivity index (χ2v) is 7.39. The standard InChI is InChI=1S/C22H19N5O2/c1-26-9-15(13-5-3-11(23)7-17(13)26)19-20(22(29)25-21(19)28)16-10-27(2)18-8-12(24)4-6-14(16)18/h3-10H,23-24H2,1-2H3,(H,25,28,29). The molecule has 4 aromatic rings. The molecule has 7 heteroatoms. The van der Waals surface area contributed by atoms with Gasteiger partial charge in [0, 0.05) is 59.8 Å². The first-order valence-corrected chi connectivity index (χ1v) is 9.15. The SMILES string of the molecule is Cn1cc(C2=C(c3cn(C)c4cc(N)ccc34)C(=O)NC2=O)c2ccc(N)cc21. The van der Waals surface area contributed by atoms with Crippen LogP contribution in [0.2, 0.25) is 0 Å². The fourth-order valence-corrected chi connectivity index (χ4v) is 4.17. The maximum Gasteiger partial charge on any atom is 0.259 e. The molecule has 2 aromatic heterocycles. The number of anilines is 2. The van der Waals surface area contributed by atoms with Gasteiger partial charge in [-0.15, -0.1) is 0 Å². The Morgan fingerprint density at radius 1 is 0.724 bits per heavy atom. The van der Waals surface area contributed by atoms with E-state index in [9.17, 15) is 9.59 Å². The quantitative estimate of drug-likeness (QED) is 0.364. The zero-order valence-electron chi connectivity index (χ0n) is 16.0. The number of carbonyl (C=O) groups excluding carboxylic acids is 2. The molecule has 3 heterocycles. The van der Waals surface area contributed by atoms with Crippen molar-refractivity contribution in [3.05, 3.63) is 59.9 Å². The van der Waals surface area contributed by atoms with Gasteiger partial charge in [0.1, 0.15) is 0 Å². The van der Waals surface area contributed by atoms with Crippen molar-refractivity contribution < 1.29 is 9.59 Å². The van der Waals surface area contributed by atoms with E-state index >= 15 is 0 Å². The van der Waals surface area contributed by atoms with E-state index in [4.69, 9.17) is 11.5 Å². The number of aromatic nitrogens is 2. The predicted molar refractivity (Wildman–Crippen MR) is 115 cm³/mol. The number of hydrogen-bond donors (Lipinski definition) is 3. The van der Waals surface area contributed by atoms with Crippen LogP contribution in [0.3, 0.4) is 0 Å². The van der Waals surface area contributed by atoms with Crippen LogP contribution in [0.5, 0.6) is 0 Å². The van der Waals surface area contributed by atoms with Gasteiger partial charge in [-0.2, -0.15) is 0 Å². The van der Waals surface area contributed by atoms with Gasteiger partial charge in [0.05, 0.1) is 22.2 Å². The lowest BCUT2D eigenvalue weighted by atomic mass is 9.95. The first-order valence-electron chi connectivity index (χ1n) is 9.15. The Bertz CT molecular complexity index is 1300. The normalized spacial score (nSPS) is 14.4. The Labute approximate surface area is 166 Å². The number of aryl methyl sites for hydroxylation is 2. The van der Waals surface area contributed by atoms with Gasteiger partial charge in [0.15, 0.2) is 0 Å². The number of nitrogen functional groups attached to an aromatic ring is 2. The summed E-state index contributed by atoms with van der Waals surface area (Å²) in [4.78, 5) is 25.7. The third kappa shape index (κ3) is 2.37. The summed E-state index contributed by atoms with van der Waals surface area (Å²) in [5.41, 5.74) is 17.1. The summed E-state index contributed by atoms with van der Waals surface area (Å²) < 4.78 is 3.82. The second kappa shape index (κ2) is 5.75. The molecule has 0 saturated carbocycles. The van der Waals surface area contributed by atoms with Crippen LogP contribution in [0, 0.1) is 0 Å². The summed E-state index contributed by atoms with van der Waals surface area (Å²) in [6, 6.07) is 11.1. The average Bonchev–Trinajstić information content (AvgIpc) is 3.26. The van der Waals surface area contributed by atoms with Crippen molar-refractivity contribution in [1.29, 1.82) is 0 Å². The van der Waals surface area contributed by atoms with Gasteiger partial charge >= 0.3 is 0 Å². The summed E-state index contributed by atoms with van der Waals surface area (Å²) in [7, 11) is 3.78. The summed E-state index contributed by atoms with van der Waals surface area (Å²) >= 11 is 0. The molecule has 1 aliphatic heterocycles. The van der Waals surface area contributed by atoms with Crippen LogP contribution in [-0.4, -0.2) is 20.9 Å². The molecule has 2 amide bonds. The zero-order valence-corrected chi connectivity index (χ0v) is 16.0. The molecule has 7 nitrogen and oxygen atoms in total. The maximum atomic E-state index is 12.8. The van der Waals surface area contributed by atoms with E-state index in [1.807, 2.05) is 59.9 Å². The molecule has 0 atom stereocenters. The summed E-state index contributed by atoms with van der Waals surface area (Å²) in [6.45, 7) is 0. The molecule has 0 spiro atoms. The number of fused-ring (bicyclic) bond motifs is 2. The number of nitrogens with two attached hydrogens (primary N) is 2. The Balaban J connectivity index is 1.86. The lowest BCUT2D eigenvalue weighted by Gasteiger charge is -2.03. The van der Waals surface area contributed by atoms with E-state index in [1.54, 1.807) is 12.1 Å². The van der Waals surface area contributed by atoms with Crippen molar-refractivity contribution in [2.75, 3.05) is 11.5 Å². The van der Waals surface area contributed by atoms with Gasteiger partial charge in [0.2, 0.25) is 0 Å². The van der Waals surface area contributed by atoms with Gasteiger partial charge in [0.25, 0.3) is 11.8 Å². The van der Waals surface area contributed by atoms with Crippen LogP contribution in [-0.2, 0) is 23.7 Å². The van der Waals surface area contributed by atoms with Gasteiger partial charge in [-0.1, -0.05) is 12.1 Å². The largest absolute Gasteiger partial charge is 0.399 e. The van der Waals surface area contributed by atoms with Crippen molar-refractivity contribution in [2.45, 2.75) is 0 Å². The molecule has 2 aromatic carbocycles. The van der Waals surface area contributed by atoms with E-state index in [2.05, 4.69) is 5.32 Å². The lowest BCUT2D eigenvalue weighted by Crippen LogP contribution is -2.22. The molecule has 0 unspecified atom stereocenters. The first-order chi connectivity index (χ1) is 13.8. The minimum absolute atomic E-state index is 0.370. The third-order valence-corrected chi connectivity index (χ3v) is 5.50. The summed E-state index contributed by atoms with van der Waals surface area (Å²) in [5.74, 6) is -0.802. The molecule has 1 aliphatic rings.